The van der Waals surface area contributed by atoms with Gasteiger partial charge in [-0.25, -0.2) is 9.97 Å². The zero-order valence-corrected chi connectivity index (χ0v) is 14.0. The summed E-state index contributed by atoms with van der Waals surface area (Å²) in [5.41, 5.74) is -0.700. The van der Waals surface area contributed by atoms with Crippen molar-refractivity contribution in [2.75, 3.05) is 31.5 Å². The van der Waals surface area contributed by atoms with Gasteiger partial charge in [0.25, 0.3) is 0 Å². The largest absolute Gasteiger partial charge is 0.356 e. The van der Waals surface area contributed by atoms with Gasteiger partial charge in [-0.2, -0.15) is 0 Å². The fraction of sp³-hybridized carbons (Fsp3) is 0.533. The third-order valence-corrected chi connectivity index (χ3v) is 4.78. The Labute approximate surface area is 133 Å². The summed E-state index contributed by atoms with van der Waals surface area (Å²) in [5, 5.41) is 7.56. The highest BCUT2D eigenvalue weighted by Gasteiger charge is 2.33. The maximum atomic E-state index is 12.8. The van der Waals surface area contributed by atoms with Crippen LogP contribution in [-0.2, 0) is 4.79 Å². The molecule has 0 bridgehead atoms. The molecule has 0 spiro atoms. The summed E-state index contributed by atoms with van der Waals surface area (Å²) < 4.78 is 0. The fourth-order valence-corrected chi connectivity index (χ4v) is 3.54. The van der Waals surface area contributed by atoms with Gasteiger partial charge in [-0.15, -0.1) is 11.3 Å². The van der Waals surface area contributed by atoms with E-state index >= 15 is 0 Å². The second kappa shape index (κ2) is 5.81. The highest BCUT2D eigenvalue weighted by molar-refractivity contribution is 7.18. The van der Waals surface area contributed by atoms with Crippen LogP contribution in [0.25, 0.3) is 10.2 Å². The van der Waals surface area contributed by atoms with E-state index in [1.807, 2.05) is 25.7 Å². The molecule has 0 atom stereocenters. The minimum absolute atomic E-state index is 0.104. The van der Waals surface area contributed by atoms with Crippen LogP contribution in [0.3, 0.4) is 0 Å². The number of nitrogens with one attached hydrogen (secondary N) is 2. The van der Waals surface area contributed by atoms with E-state index in [1.54, 1.807) is 17.7 Å². The van der Waals surface area contributed by atoms with Crippen LogP contribution in [0.4, 0.5) is 5.82 Å². The zero-order chi connectivity index (χ0) is 15.7. The minimum atomic E-state index is -0.700. The van der Waals surface area contributed by atoms with Crippen LogP contribution in [0.2, 0.25) is 0 Å². The van der Waals surface area contributed by atoms with Crippen molar-refractivity contribution in [3.8, 4) is 0 Å². The Morgan fingerprint density at radius 3 is 2.82 bits per heavy atom. The molecule has 1 fully saturated rings. The molecule has 0 saturated carbocycles. The van der Waals surface area contributed by atoms with E-state index in [2.05, 4.69) is 26.7 Å². The van der Waals surface area contributed by atoms with Crippen LogP contribution >= 0.6 is 11.3 Å². The normalized spacial score (nSPS) is 16.0. The van der Waals surface area contributed by atoms with Gasteiger partial charge in [0.2, 0.25) is 5.91 Å². The Hall–Kier alpha value is -1.73. The van der Waals surface area contributed by atoms with E-state index in [0.29, 0.717) is 0 Å². The molecule has 3 heterocycles. The number of hydrogen-bond donors (Lipinski definition) is 2. The van der Waals surface area contributed by atoms with E-state index in [0.717, 1.165) is 42.2 Å². The van der Waals surface area contributed by atoms with Gasteiger partial charge in [0, 0.05) is 31.1 Å². The molecule has 1 aliphatic heterocycles. The fourth-order valence-electron chi connectivity index (χ4n) is 2.69. The summed E-state index contributed by atoms with van der Waals surface area (Å²) >= 11 is 1.63. The first-order chi connectivity index (χ1) is 10.5. The number of carbonyl (C=O) groups excluding carboxylic acids is 1. The van der Waals surface area contributed by atoms with Crippen LogP contribution < -0.4 is 10.6 Å². The predicted octanol–water partition coefficient (Wildman–Crippen LogP) is 1.62. The van der Waals surface area contributed by atoms with Crippen LogP contribution in [0, 0.1) is 6.92 Å². The molecule has 1 aliphatic rings. The first-order valence-corrected chi connectivity index (χ1v) is 8.28. The van der Waals surface area contributed by atoms with Gasteiger partial charge in [-0.1, -0.05) is 0 Å². The summed E-state index contributed by atoms with van der Waals surface area (Å²) in [5.74, 6) is 0.829. The van der Waals surface area contributed by atoms with Crippen molar-refractivity contribution in [3.63, 3.8) is 0 Å². The van der Waals surface area contributed by atoms with Gasteiger partial charge in [0.15, 0.2) is 0 Å². The zero-order valence-electron chi connectivity index (χ0n) is 13.1. The molecular formula is C15H21N5OS. The van der Waals surface area contributed by atoms with Crippen molar-refractivity contribution in [2.45, 2.75) is 26.3 Å². The van der Waals surface area contributed by atoms with Crippen LogP contribution in [0.1, 0.15) is 18.7 Å². The number of amides is 1. The Balaban J connectivity index is 1.84. The lowest BCUT2D eigenvalue weighted by molar-refractivity contribution is -0.135. The van der Waals surface area contributed by atoms with Gasteiger partial charge in [0.05, 0.1) is 5.39 Å². The summed E-state index contributed by atoms with van der Waals surface area (Å²) in [6.07, 6.45) is 1.55. The van der Waals surface area contributed by atoms with Gasteiger partial charge in [0.1, 0.15) is 22.5 Å². The van der Waals surface area contributed by atoms with E-state index < -0.39 is 5.54 Å². The number of carbonyl (C=O) groups is 1. The summed E-state index contributed by atoms with van der Waals surface area (Å²) in [6, 6.07) is 2.06. The lowest BCUT2D eigenvalue weighted by atomic mass is 10.0. The molecule has 1 saturated heterocycles. The SMILES string of the molecule is Cc1cc2c(NC(C)(C)C(=O)N3CCNCC3)ncnc2s1. The molecule has 0 radical (unpaired) electrons. The number of aryl methyl sites for hydroxylation is 1. The maximum absolute atomic E-state index is 12.8. The molecule has 7 heteroatoms. The number of rotatable bonds is 3. The van der Waals surface area contributed by atoms with Crippen molar-refractivity contribution < 1.29 is 4.79 Å². The number of nitrogens with zero attached hydrogens (tertiary/aromatic N) is 3. The average Bonchev–Trinajstić information content (AvgIpc) is 2.88. The van der Waals surface area contributed by atoms with Crippen LogP contribution in [0.5, 0.6) is 0 Å². The first-order valence-electron chi connectivity index (χ1n) is 7.47. The smallest absolute Gasteiger partial charge is 0.247 e. The highest BCUT2D eigenvalue weighted by atomic mass is 32.1. The Morgan fingerprint density at radius 1 is 1.36 bits per heavy atom. The maximum Gasteiger partial charge on any atom is 0.247 e. The van der Waals surface area contributed by atoms with Gasteiger partial charge >= 0.3 is 0 Å². The summed E-state index contributed by atoms with van der Waals surface area (Å²) in [7, 11) is 0. The van der Waals surface area contributed by atoms with E-state index in [4.69, 9.17) is 0 Å². The van der Waals surface area contributed by atoms with Crippen LogP contribution in [-0.4, -0.2) is 52.5 Å². The molecule has 3 rings (SSSR count). The molecule has 2 N–H and O–H groups in total. The quantitative estimate of drug-likeness (QED) is 0.900. The van der Waals surface area contributed by atoms with E-state index in [-0.39, 0.29) is 5.91 Å². The monoisotopic (exact) mass is 319 g/mol. The highest BCUT2D eigenvalue weighted by Crippen LogP contribution is 2.29. The molecule has 118 valence electrons. The van der Waals surface area contributed by atoms with Gasteiger partial charge in [-0.05, 0) is 26.8 Å². The van der Waals surface area contributed by atoms with E-state index in [1.165, 1.54) is 4.88 Å². The Morgan fingerprint density at radius 2 is 2.09 bits per heavy atom. The molecule has 0 aliphatic carbocycles. The van der Waals surface area contributed by atoms with Crippen LogP contribution in [0.15, 0.2) is 12.4 Å². The van der Waals surface area contributed by atoms with Crippen molar-refractivity contribution in [1.82, 2.24) is 20.2 Å². The molecule has 0 aromatic carbocycles. The number of anilines is 1. The van der Waals surface area contributed by atoms with Gasteiger partial charge < -0.3 is 15.5 Å². The average molecular weight is 319 g/mol. The third kappa shape index (κ3) is 2.91. The standard InChI is InChI=1S/C15H21N5OS/c1-10-8-11-12(17-9-18-13(11)22-10)19-15(2,3)14(21)20-6-4-16-5-7-20/h8-9,16H,4-7H2,1-3H3,(H,17,18,19). The Bertz CT molecular complexity index is 690. The molecule has 6 nitrogen and oxygen atoms in total. The van der Waals surface area contributed by atoms with E-state index in [9.17, 15) is 4.79 Å². The lowest BCUT2D eigenvalue weighted by Gasteiger charge is -2.35. The molecule has 1 amide bonds. The minimum Gasteiger partial charge on any atom is -0.356 e. The Kier molecular flexibility index (Phi) is 4.01. The number of hydrogen-bond acceptors (Lipinski definition) is 6. The summed E-state index contributed by atoms with van der Waals surface area (Å²) in [4.78, 5) is 25.4. The molecule has 2 aromatic heterocycles. The predicted molar refractivity (Wildman–Crippen MR) is 89.3 cm³/mol. The number of piperazine rings is 1. The number of thiophene rings is 1. The van der Waals surface area contributed by atoms with Crippen molar-refractivity contribution >= 4 is 33.3 Å². The molecule has 2 aromatic rings. The molecular weight excluding hydrogens is 298 g/mol. The lowest BCUT2D eigenvalue weighted by Crippen LogP contribution is -2.55. The second-order valence-electron chi connectivity index (χ2n) is 6.09. The van der Waals surface area contributed by atoms with Crippen molar-refractivity contribution in [3.05, 3.63) is 17.3 Å². The molecule has 0 unspecified atom stereocenters. The van der Waals surface area contributed by atoms with Crippen molar-refractivity contribution in [2.24, 2.45) is 0 Å². The van der Waals surface area contributed by atoms with Gasteiger partial charge in [-0.3, -0.25) is 4.79 Å². The third-order valence-electron chi connectivity index (χ3n) is 3.82. The summed E-state index contributed by atoms with van der Waals surface area (Å²) in [6.45, 7) is 9.07. The second-order valence-corrected chi connectivity index (χ2v) is 7.33. The van der Waals surface area contributed by atoms with Crippen molar-refractivity contribution in [1.29, 1.82) is 0 Å². The number of fused-ring (bicyclic) bond motifs is 1. The number of aromatic nitrogens is 2. The molecule has 22 heavy (non-hydrogen) atoms. The topological polar surface area (TPSA) is 70.2 Å². The first kappa shape index (κ1) is 15.2.